The summed E-state index contributed by atoms with van der Waals surface area (Å²) in [7, 11) is 0. The second-order valence-corrected chi connectivity index (χ2v) is 5.28. The first-order chi connectivity index (χ1) is 5.65. The van der Waals surface area contributed by atoms with Gasteiger partial charge in [-0.3, -0.25) is 0 Å². The van der Waals surface area contributed by atoms with Crippen molar-refractivity contribution >= 4 is 5.97 Å². The average Bonchev–Trinajstić information content (AvgIpc) is 2.12. The van der Waals surface area contributed by atoms with Gasteiger partial charge >= 0.3 is 5.97 Å². The topological polar surface area (TPSA) is 57.5 Å². The molecular formula is C10H18O3. The number of rotatable bonds is 1. The van der Waals surface area contributed by atoms with Gasteiger partial charge in [-0.1, -0.05) is 27.7 Å². The van der Waals surface area contributed by atoms with Gasteiger partial charge in [0.05, 0.1) is 0 Å². The Morgan fingerprint density at radius 3 is 1.54 bits per heavy atom. The molecule has 1 rings (SSSR count). The molecule has 3 heteroatoms. The van der Waals surface area contributed by atoms with Gasteiger partial charge in [0.2, 0.25) is 0 Å². The van der Waals surface area contributed by atoms with Crippen molar-refractivity contribution in [1.82, 2.24) is 0 Å². The largest absolute Gasteiger partial charge is 0.479 e. The van der Waals surface area contributed by atoms with Crippen LogP contribution in [0.2, 0.25) is 0 Å². The molecule has 0 unspecified atom stereocenters. The molecule has 0 aliphatic heterocycles. The van der Waals surface area contributed by atoms with Crippen molar-refractivity contribution in [3.63, 3.8) is 0 Å². The second kappa shape index (κ2) is 2.47. The molecule has 0 aromatic carbocycles. The van der Waals surface area contributed by atoms with E-state index in [1.54, 1.807) is 0 Å². The van der Waals surface area contributed by atoms with E-state index in [2.05, 4.69) is 0 Å². The van der Waals surface area contributed by atoms with E-state index in [0.29, 0.717) is 0 Å². The normalized spacial score (nSPS) is 28.7. The van der Waals surface area contributed by atoms with E-state index in [9.17, 15) is 9.90 Å². The number of aliphatic hydroxyl groups is 1. The molecular weight excluding hydrogens is 168 g/mol. The molecule has 3 nitrogen and oxygen atoms in total. The number of carbonyl (C=O) groups is 1. The monoisotopic (exact) mass is 186 g/mol. The molecule has 0 heterocycles. The van der Waals surface area contributed by atoms with Gasteiger partial charge < -0.3 is 10.2 Å². The van der Waals surface area contributed by atoms with Crippen LogP contribution in [-0.4, -0.2) is 21.8 Å². The highest BCUT2D eigenvalue weighted by molar-refractivity contribution is 5.80. The van der Waals surface area contributed by atoms with Crippen LogP contribution in [0.5, 0.6) is 0 Å². The van der Waals surface area contributed by atoms with Crippen LogP contribution in [0, 0.1) is 10.8 Å². The van der Waals surface area contributed by atoms with Crippen molar-refractivity contribution in [3.8, 4) is 0 Å². The molecule has 0 aromatic heterocycles. The standard InChI is InChI=1S/C10H18O3/c1-8(2)5-6-9(3,4)10(8,13)7(11)12/h13H,5-6H2,1-4H3,(H,11,12). The summed E-state index contributed by atoms with van der Waals surface area (Å²) < 4.78 is 0. The van der Waals surface area contributed by atoms with Crippen LogP contribution in [0.3, 0.4) is 0 Å². The van der Waals surface area contributed by atoms with Crippen LogP contribution in [0.25, 0.3) is 0 Å². The van der Waals surface area contributed by atoms with Crippen LogP contribution in [-0.2, 0) is 4.79 Å². The van der Waals surface area contributed by atoms with E-state index in [4.69, 9.17) is 5.11 Å². The summed E-state index contributed by atoms with van der Waals surface area (Å²) in [6, 6.07) is 0. The number of hydrogen-bond donors (Lipinski definition) is 2. The molecule has 0 spiro atoms. The highest BCUT2D eigenvalue weighted by atomic mass is 16.4. The van der Waals surface area contributed by atoms with Crippen LogP contribution >= 0.6 is 0 Å². The Kier molecular flexibility index (Phi) is 2.00. The van der Waals surface area contributed by atoms with Crippen molar-refractivity contribution in [2.45, 2.75) is 46.1 Å². The molecule has 76 valence electrons. The van der Waals surface area contributed by atoms with Crippen LogP contribution in [0.4, 0.5) is 0 Å². The average molecular weight is 186 g/mol. The minimum atomic E-state index is -1.60. The number of hydrogen-bond acceptors (Lipinski definition) is 2. The SMILES string of the molecule is CC1(C)CCC(C)(C)C1(O)C(=O)O. The summed E-state index contributed by atoms with van der Waals surface area (Å²) in [4.78, 5) is 11.1. The minimum absolute atomic E-state index is 0.539. The Bertz CT molecular complexity index is 225. The molecule has 1 aliphatic carbocycles. The smallest absolute Gasteiger partial charge is 0.336 e. The highest BCUT2D eigenvalue weighted by Crippen LogP contribution is 2.56. The first kappa shape index (κ1) is 10.5. The molecule has 0 bridgehead atoms. The zero-order valence-corrected chi connectivity index (χ0v) is 8.72. The van der Waals surface area contributed by atoms with Gasteiger partial charge in [-0.25, -0.2) is 4.79 Å². The maximum atomic E-state index is 11.1. The predicted molar refractivity (Wildman–Crippen MR) is 49.4 cm³/mol. The van der Waals surface area contributed by atoms with Crippen LogP contribution in [0.1, 0.15) is 40.5 Å². The lowest BCUT2D eigenvalue weighted by atomic mass is 9.68. The van der Waals surface area contributed by atoms with Gasteiger partial charge in [-0.15, -0.1) is 0 Å². The summed E-state index contributed by atoms with van der Waals surface area (Å²) in [6.07, 6.45) is 1.51. The van der Waals surface area contributed by atoms with Gasteiger partial charge in [0, 0.05) is 10.8 Å². The lowest BCUT2D eigenvalue weighted by Crippen LogP contribution is -2.55. The van der Waals surface area contributed by atoms with E-state index in [1.807, 2.05) is 27.7 Å². The van der Waals surface area contributed by atoms with Crippen molar-refractivity contribution in [2.75, 3.05) is 0 Å². The minimum Gasteiger partial charge on any atom is -0.479 e. The quantitative estimate of drug-likeness (QED) is 0.654. The Morgan fingerprint density at radius 2 is 1.38 bits per heavy atom. The van der Waals surface area contributed by atoms with E-state index in [-0.39, 0.29) is 0 Å². The Balaban J connectivity index is 3.22. The molecule has 0 atom stereocenters. The molecule has 0 amide bonds. The van der Waals surface area contributed by atoms with Crippen molar-refractivity contribution < 1.29 is 15.0 Å². The summed E-state index contributed by atoms with van der Waals surface area (Å²) in [5, 5.41) is 19.3. The highest BCUT2D eigenvalue weighted by Gasteiger charge is 2.63. The predicted octanol–water partition coefficient (Wildman–Crippen LogP) is 1.65. The third kappa shape index (κ3) is 1.10. The van der Waals surface area contributed by atoms with Gasteiger partial charge in [0.25, 0.3) is 0 Å². The van der Waals surface area contributed by atoms with Crippen molar-refractivity contribution in [2.24, 2.45) is 10.8 Å². The maximum Gasteiger partial charge on any atom is 0.336 e. The summed E-state index contributed by atoms with van der Waals surface area (Å²) in [6.45, 7) is 7.26. The molecule has 0 radical (unpaired) electrons. The van der Waals surface area contributed by atoms with E-state index in [1.165, 1.54) is 0 Å². The fourth-order valence-electron chi connectivity index (χ4n) is 2.48. The van der Waals surface area contributed by atoms with E-state index >= 15 is 0 Å². The number of carboxylic acids is 1. The number of carboxylic acid groups (broad SMARTS) is 1. The first-order valence-electron chi connectivity index (χ1n) is 4.61. The Labute approximate surface area is 78.8 Å². The summed E-state index contributed by atoms with van der Waals surface area (Å²) >= 11 is 0. The zero-order chi connectivity index (χ0) is 10.5. The lowest BCUT2D eigenvalue weighted by Gasteiger charge is -2.41. The van der Waals surface area contributed by atoms with E-state index in [0.717, 1.165) is 12.8 Å². The molecule has 0 aromatic rings. The molecule has 0 saturated heterocycles. The second-order valence-electron chi connectivity index (χ2n) is 5.28. The summed E-state index contributed by atoms with van der Waals surface area (Å²) in [5.41, 5.74) is -2.68. The van der Waals surface area contributed by atoms with Gasteiger partial charge in [-0.05, 0) is 12.8 Å². The van der Waals surface area contributed by atoms with Gasteiger partial charge in [0.1, 0.15) is 0 Å². The van der Waals surface area contributed by atoms with Crippen molar-refractivity contribution in [1.29, 1.82) is 0 Å². The Hall–Kier alpha value is -0.570. The maximum absolute atomic E-state index is 11.1. The van der Waals surface area contributed by atoms with Crippen LogP contribution in [0.15, 0.2) is 0 Å². The number of aliphatic carboxylic acids is 1. The fourth-order valence-corrected chi connectivity index (χ4v) is 2.48. The third-order valence-corrected chi connectivity index (χ3v) is 3.64. The van der Waals surface area contributed by atoms with Gasteiger partial charge in [0.15, 0.2) is 5.60 Å². The third-order valence-electron chi connectivity index (χ3n) is 3.64. The lowest BCUT2D eigenvalue weighted by molar-refractivity contribution is -0.183. The van der Waals surface area contributed by atoms with Crippen molar-refractivity contribution in [3.05, 3.63) is 0 Å². The van der Waals surface area contributed by atoms with Crippen LogP contribution < -0.4 is 0 Å². The van der Waals surface area contributed by atoms with Gasteiger partial charge in [-0.2, -0.15) is 0 Å². The Morgan fingerprint density at radius 1 is 1.08 bits per heavy atom. The molecule has 13 heavy (non-hydrogen) atoms. The first-order valence-corrected chi connectivity index (χ1v) is 4.61. The zero-order valence-electron chi connectivity index (χ0n) is 8.72. The van der Waals surface area contributed by atoms with E-state index < -0.39 is 22.4 Å². The molecule has 1 aliphatic rings. The fraction of sp³-hybridized carbons (Fsp3) is 0.900. The summed E-state index contributed by atoms with van der Waals surface area (Å²) in [5.74, 6) is -1.10. The molecule has 1 saturated carbocycles. The molecule has 2 N–H and O–H groups in total. The molecule has 1 fully saturated rings.